The van der Waals surface area contributed by atoms with Gasteiger partial charge in [0, 0.05) is 18.4 Å². The molecule has 1 N–H and O–H groups in total. The van der Waals surface area contributed by atoms with Crippen LogP contribution in [0.4, 0.5) is 0 Å². The van der Waals surface area contributed by atoms with E-state index < -0.39 is 9.28 Å². The molecule has 0 atom stereocenters. The van der Waals surface area contributed by atoms with E-state index in [1.54, 1.807) is 6.07 Å². The first-order chi connectivity index (χ1) is 9.79. The van der Waals surface area contributed by atoms with Gasteiger partial charge in [-0.1, -0.05) is 57.7 Å². The molecule has 0 unspecified atom stereocenters. The number of rotatable bonds is 11. The number of para-hydroxylation sites is 1. The fourth-order valence-electron chi connectivity index (χ4n) is 1.88. The zero-order chi connectivity index (χ0) is 14.6. The van der Waals surface area contributed by atoms with Gasteiger partial charge in [0.05, 0.1) is 0 Å². The first-order valence-corrected chi connectivity index (χ1v) is 9.02. The van der Waals surface area contributed by atoms with E-state index in [-0.39, 0.29) is 5.75 Å². The summed E-state index contributed by atoms with van der Waals surface area (Å²) >= 11 is 0. The standard InChI is InChI=1S/C16H27O3Si/c1-3-5-9-13-18-20(19-14-10-6-4-2)16-12-8-7-11-15(16)17/h7-8,11-12,17H,3-6,9-10,13-14H2,1-2H3. The SMILES string of the molecule is CCCCCO[Si](OCCCCC)c1ccccc1O. The van der Waals surface area contributed by atoms with Crippen LogP contribution in [0.25, 0.3) is 0 Å². The maximum absolute atomic E-state index is 9.95. The molecule has 0 aliphatic carbocycles. The molecule has 1 radical (unpaired) electrons. The number of hydrogen-bond donors (Lipinski definition) is 1. The predicted molar refractivity (Wildman–Crippen MR) is 84.4 cm³/mol. The molecule has 0 saturated heterocycles. The van der Waals surface area contributed by atoms with Gasteiger partial charge < -0.3 is 14.0 Å². The molecule has 4 heteroatoms. The summed E-state index contributed by atoms with van der Waals surface area (Å²) in [6.07, 6.45) is 6.81. The Balaban J connectivity index is 2.52. The molecule has 0 aromatic heterocycles. The second-order valence-electron chi connectivity index (χ2n) is 4.92. The lowest BCUT2D eigenvalue weighted by Gasteiger charge is -2.16. The Morgan fingerprint density at radius 2 is 1.45 bits per heavy atom. The Hall–Kier alpha value is -0.843. The average Bonchev–Trinajstić information content (AvgIpc) is 2.46. The van der Waals surface area contributed by atoms with Crippen molar-refractivity contribution in [3.05, 3.63) is 24.3 Å². The van der Waals surface area contributed by atoms with Crippen LogP contribution in [0.5, 0.6) is 5.75 Å². The minimum atomic E-state index is -1.56. The molecule has 0 amide bonds. The summed E-state index contributed by atoms with van der Waals surface area (Å²) in [6.45, 7) is 5.78. The van der Waals surface area contributed by atoms with Gasteiger partial charge in [-0.25, -0.2) is 0 Å². The van der Waals surface area contributed by atoms with Crippen LogP contribution >= 0.6 is 0 Å². The monoisotopic (exact) mass is 295 g/mol. The number of aromatic hydroxyl groups is 1. The van der Waals surface area contributed by atoms with Crippen molar-refractivity contribution in [2.45, 2.75) is 52.4 Å². The highest BCUT2D eigenvalue weighted by atomic mass is 28.3. The maximum Gasteiger partial charge on any atom is 0.427 e. The normalized spacial score (nSPS) is 11.2. The van der Waals surface area contributed by atoms with Gasteiger partial charge in [0.15, 0.2) is 0 Å². The van der Waals surface area contributed by atoms with Crippen molar-refractivity contribution in [1.29, 1.82) is 0 Å². The summed E-state index contributed by atoms with van der Waals surface area (Å²) in [5, 5.41) is 10.8. The minimum absolute atomic E-state index is 0.285. The van der Waals surface area contributed by atoms with E-state index in [2.05, 4.69) is 13.8 Å². The van der Waals surface area contributed by atoms with E-state index in [1.165, 1.54) is 25.7 Å². The van der Waals surface area contributed by atoms with Crippen molar-refractivity contribution in [2.75, 3.05) is 13.2 Å². The minimum Gasteiger partial charge on any atom is -0.508 e. The van der Waals surface area contributed by atoms with Crippen LogP contribution in [0.15, 0.2) is 24.3 Å². The lowest BCUT2D eigenvalue weighted by Crippen LogP contribution is -2.37. The van der Waals surface area contributed by atoms with Crippen molar-refractivity contribution in [3.63, 3.8) is 0 Å². The van der Waals surface area contributed by atoms with Crippen LogP contribution in [0.1, 0.15) is 52.4 Å². The van der Waals surface area contributed by atoms with Crippen LogP contribution in [0.3, 0.4) is 0 Å². The van der Waals surface area contributed by atoms with E-state index in [4.69, 9.17) is 8.85 Å². The zero-order valence-corrected chi connectivity index (χ0v) is 13.7. The number of phenols is 1. The average molecular weight is 295 g/mol. The highest BCUT2D eigenvalue weighted by Gasteiger charge is 2.22. The van der Waals surface area contributed by atoms with E-state index >= 15 is 0 Å². The number of unbranched alkanes of at least 4 members (excludes halogenated alkanes) is 4. The van der Waals surface area contributed by atoms with E-state index in [0.717, 1.165) is 18.0 Å². The van der Waals surface area contributed by atoms with E-state index in [1.807, 2.05) is 18.2 Å². The van der Waals surface area contributed by atoms with Crippen molar-refractivity contribution in [2.24, 2.45) is 0 Å². The third-order valence-electron chi connectivity index (χ3n) is 3.09. The van der Waals surface area contributed by atoms with Gasteiger partial charge in [-0.15, -0.1) is 0 Å². The summed E-state index contributed by atoms with van der Waals surface area (Å²) in [5.74, 6) is 0.285. The number of benzene rings is 1. The van der Waals surface area contributed by atoms with Crippen molar-refractivity contribution in [3.8, 4) is 5.75 Å². The molecule has 0 aliphatic rings. The van der Waals surface area contributed by atoms with Crippen molar-refractivity contribution in [1.82, 2.24) is 0 Å². The van der Waals surface area contributed by atoms with Gasteiger partial charge >= 0.3 is 9.28 Å². The van der Waals surface area contributed by atoms with E-state index in [9.17, 15) is 5.11 Å². The second-order valence-corrected chi connectivity index (χ2v) is 6.61. The Bertz CT molecular complexity index is 345. The summed E-state index contributed by atoms with van der Waals surface area (Å²) in [6, 6.07) is 7.35. The molecule has 113 valence electrons. The largest absolute Gasteiger partial charge is 0.508 e. The lowest BCUT2D eigenvalue weighted by atomic mass is 10.3. The fourth-order valence-corrected chi connectivity index (χ4v) is 3.46. The van der Waals surface area contributed by atoms with Gasteiger partial charge in [-0.05, 0) is 18.9 Å². The molecule has 1 aromatic rings. The van der Waals surface area contributed by atoms with Crippen LogP contribution < -0.4 is 5.19 Å². The first-order valence-electron chi connectivity index (χ1n) is 7.70. The van der Waals surface area contributed by atoms with Crippen LogP contribution in [-0.4, -0.2) is 27.6 Å². The Morgan fingerprint density at radius 1 is 0.900 bits per heavy atom. The maximum atomic E-state index is 9.95. The summed E-state index contributed by atoms with van der Waals surface area (Å²) in [4.78, 5) is 0. The van der Waals surface area contributed by atoms with Crippen LogP contribution in [-0.2, 0) is 8.85 Å². The van der Waals surface area contributed by atoms with Crippen LogP contribution in [0, 0.1) is 0 Å². The zero-order valence-electron chi connectivity index (χ0n) is 12.7. The summed E-state index contributed by atoms with van der Waals surface area (Å²) in [7, 11) is -1.56. The number of phenolic OH excluding ortho intramolecular Hbond substituents is 1. The quantitative estimate of drug-likeness (QED) is 0.501. The number of hydrogen-bond acceptors (Lipinski definition) is 3. The molecule has 0 spiro atoms. The predicted octanol–water partition coefficient (Wildman–Crippen LogP) is 3.50. The van der Waals surface area contributed by atoms with E-state index in [0.29, 0.717) is 13.2 Å². The molecule has 0 aliphatic heterocycles. The molecular formula is C16H27O3Si. The first kappa shape index (κ1) is 17.2. The molecule has 0 saturated carbocycles. The molecule has 0 fully saturated rings. The molecule has 20 heavy (non-hydrogen) atoms. The molecule has 3 nitrogen and oxygen atoms in total. The third-order valence-corrected chi connectivity index (χ3v) is 4.88. The Kier molecular flexibility index (Phi) is 9.37. The topological polar surface area (TPSA) is 38.7 Å². The Morgan fingerprint density at radius 3 is 1.95 bits per heavy atom. The van der Waals surface area contributed by atoms with Gasteiger partial charge in [0.25, 0.3) is 0 Å². The summed E-state index contributed by atoms with van der Waals surface area (Å²) < 4.78 is 11.8. The highest BCUT2D eigenvalue weighted by molar-refractivity contribution is 6.62. The van der Waals surface area contributed by atoms with Crippen LogP contribution in [0.2, 0.25) is 0 Å². The van der Waals surface area contributed by atoms with Crippen molar-refractivity contribution >= 4 is 14.5 Å². The second kappa shape index (κ2) is 10.9. The molecule has 0 bridgehead atoms. The highest BCUT2D eigenvalue weighted by Crippen LogP contribution is 2.08. The van der Waals surface area contributed by atoms with Crippen molar-refractivity contribution < 1.29 is 14.0 Å². The molecule has 0 heterocycles. The summed E-state index contributed by atoms with van der Waals surface area (Å²) in [5.41, 5.74) is 0. The Labute approximate surface area is 124 Å². The fraction of sp³-hybridized carbons (Fsp3) is 0.625. The molecular weight excluding hydrogens is 268 g/mol. The van der Waals surface area contributed by atoms with Gasteiger partial charge in [-0.2, -0.15) is 0 Å². The van der Waals surface area contributed by atoms with Gasteiger partial charge in [0.1, 0.15) is 5.75 Å². The molecule has 1 rings (SSSR count). The van der Waals surface area contributed by atoms with Gasteiger partial charge in [0.2, 0.25) is 0 Å². The third kappa shape index (κ3) is 6.55. The molecule has 1 aromatic carbocycles. The smallest absolute Gasteiger partial charge is 0.427 e. The van der Waals surface area contributed by atoms with Gasteiger partial charge in [-0.3, -0.25) is 0 Å². The lowest BCUT2D eigenvalue weighted by molar-refractivity contribution is 0.200.